The molecule has 1 saturated carbocycles. The van der Waals surface area contributed by atoms with Crippen LogP contribution < -0.4 is 5.32 Å². The fourth-order valence-electron chi connectivity index (χ4n) is 1.92. The minimum Gasteiger partial charge on any atom is -0.326 e. The maximum absolute atomic E-state index is 12.7. The first-order valence-electron chi connectivity index (χ1n) is 5.86. The number of halogens is 3. The standard InChI is InChI=1S/C13H14F3NO/c1-8-5-6-10(7-11(8)13(14,15)16)17-12(18)9-3-2-4-9/h5-7,9H,2-4H2,1H3,(H,17,18). The summed E-state index contributed by atoms with van der Waals surface area (Å²) in [6, 6.07) is 3.87. The first-order chi connectivity index (χ1) is 8.38. The maximum atomic E-state index is 12.7. The van der Waals surface area contributed by atoms with Gasteiger partial charge in [0.15, 0.2) is 0 Å². The number of carbonyl (C=O) groups is 1. The molecule has 1 aromatic carbocycles. The highest BCUT2D eigenvalue weighted by atomic mass is 19.4. The molecular weight excluding hydrogens is 243 g/mol. The van der Waals surface area contributed by atoms with Crippen LogP contribution >= 0.6 is 0 Å². The molecule has 0 aromatic heterocycles. The molecule has 1 aromatic rings. The minimum absolute atomic E-state index is 0.0411. The van der Waals surface area contributed by atoms with Crippen molar-refractivity contribution < 1.29 is 18.0 Å². The second-order valence-corrected chi connectivity index (χ2v) is 4.64. The second-order valence-electron chi connectivity index (χ2n) is 4.64. The molecule has 1 aliphatic rings. The summed E-state index contributed by atoms with van der Waals surface area (Å²) < 4.78 is 38.1. The molecule has 0 spiro atoms. The molecule has 1 N–H and O–H groups in total. The molecule has 1 amide bonds. The molecule has 18 heavy (non-hydrogen) atoms. The minimum atomic E-state index is -4.39. The molecule has 98 valence electrons. The van der Waals surface area contributed by atoms with Crippen LogP contribution in [-0.2, 0) is 11.0 Å². The molecule has 0 unspecified atom stereocenters. The zero-order valence-electron chi connectivity index (χ0n) is 9.97. The fraction of sp³-hybridized carbons (Fsp3) is 0.462. The third-order valence-corrected chi connectivity index (χ3v) is 3.29. The summed E-state index contributed by atoms with van der Waals surface area (Å²) in [6.07, 6.45) is -1.73. The van der Waals surface area contributed by atoms with Gasteiger partial charge in [-0.3, -0.25) is 4.79 Å². The lowest BCUT2D eigenvalue weighted by molar-refractivity contribution is -0.138. The third-order valence-electron chi connectivity index (χ3n) is 3.29. The Morgan fingerprint density at radius 2 is 2.00 bits per heavy atom. The van der Waals surface area contributed by atoms with E-state index in [-0.39, 0.29) is 23.1 Å². The van der Waals surface area contributed by atoms with Crippen molar-refractivity contribution in [3.63, 3.8) is 0 Å². The smallest absolute Gasteiger partial charge is 0.326 e. The molecule has 0 radical (unpaired) electrons. The van der Waals surface area contributed by atoms with Crippen molar-refractivity contribution in [3.05, 3.63) is 29.3 Å². The van der Waals surface area contributed by atoms with Crippen molar-refractivity contribution in [2.24, 2.45) is 5.92 Å². The Bertz CT molecular complexity index is 464. The highest BCUT2D eigenvalue weighted by Crippen LogP contribution is 2.34. The van der Waals surface area contributed by atoms with Crippen molar-refractivity contribution in [1.29, 1.82) is 0 Å². The van der Waals surface area contributed by atoms with Crippen LogP contribution in [0.2, 0.25) is 0 Å². The first-order valence-corrected chi connectivity index (χ1v) is 5.86. The Balaban J connectivity index is 2.16. The monoisotopic (exact) mass is 257 g/mol. The van der Waals surface area contributed by atoms with E-state index in [4.69, 9.17) is 0 Å². The molecule has 0 saturated heterocycles. The van der Waals surface area contributed by atoms with Gasteiger partial charge in [0.25, 0.3) is 0 Å². The number of anilines is 1. The summed E-state index contributed by atoms with van der Waals surface area (Å²) in [5, 5.41) is 2.54. The predicted molar refractivity (Wildman–Crippen MR) is 62.2 cm³/mol. The number of hydrogen-bond donors (Lipinski definition) is 1. The Kier molecular flexibility index (Phi) is 3.32. The van der Waals surface area contributed by atoms with E-state index in [0.29, 0.717) is 0 Å². The Hall–Kier alpha value is -1.52. The summed E-state index contributed by atoms with van der Waals surface area (Å²) in [5.41, 5.74) is -0.331. The Morgan fingerprint density at radius 1 is 1.33 bits per heavy atom. The van der Waals surface area contributed by atoms with E-state index in [1.165, 1.54) is 19.1 Å². The number of alkyl halides is 3. The van der Waals surface area contributed by atoms with E-state index in [0.717, 1.165) is 25.3 Å². The van der Waals surface area contributed by atoms with Crippen LogP contribution in [0.5, 0.6) is 0 Å². The lowest BCUT2D eigenvalue weighted by Crippen LogP contribution is -2.28. The van der Waals surface area contributed by atoms with Crippen LogP contribution in [0.25, 0.3) is 0 Å². The van der Waals surface area contributed by atoms with Gasteiger partial charge in [0.1, 0.15) is 0 Å². The van der Waals surface area contributed by atoms with Crippen molar-refractivity contribution in [2.75, 3.05) is 5.32 Å². The summed E-state index contributed by atoms with van der Waals surface area (Å²) >= 11 is 0. The topological polar surface area (TPSA) is 29.1 Å². The van der Waals surface area contributed by atoms with Gasteiger partial charge in [0, 0.05) is 11.6 Å². The van der Waals surface area contributed by atoms with Gasteiger partial charge in [0.05, 0.1) is 5.56 Å². The largest absolute Gasteiger partial charge is 0.416 e. The molecule has 1 aliphatic carbocycles. The number of aryl methyl sites for hydroxylation is 1. The number of nitrogens with one attached hydrogen (secondary N) is 1. The number of rotatable bonds is 2. The molecule has 2 nitrogen and oxygen atoms in total. The van der Waals surface area contributed by atoms with Gasteiger partial charge in [-0.05, 0) is 37.5 Å². The Labute approximate surface area is 103 Å². The van der Waals surface area contributed by atoms with E-state index < -0.39 is 11.7 Å². The van der Waals surface area contributed by atoms with Crippen molar-refractivity contribution in [3.8, 4) is 0 Å². The van der Waals surface area contributed by atoms with E-state index in [2.05, 4.69) is 5.32 Å². The van der Waals surface area contributed by atoms with Gasteiger partial charge < -0.3 is 5.32 Å². The fourth-order valence-corrected chi connectivity index (χ4v) is 1.92. The average Bonchev–Trinajstić information content (AvgIpc) is 2.16. The zero-order chi connectivity index (χ0) is 13.3. The lowest BCUT2D eigenvalue weighted by Gasteiger charge is -2.24. The van der Waals surface area contributed by atoms with Gasteiger partial charge in [-0.2, -0.15) is 13.2 Å². The highest BCUT2D eigenvalue weighted by Gasteiger charge is 2.33. The van der Waals surface area contributed by atoms with Crippen LogP contribution in [0.4, 0.5) is 18.9 Å². The van der Waals surface area contributed by atoms with Gasteiger partial charge in [-0.15, -0.1) is 0 Å². The molecule has 2 rings (SSSR count). The number of carbonyl (C=O) groups excluding carboxylic acids is 1. The molecule has 0 bridgehead atoms. The number of hydrogen-bond acceptors (Lipinski definition) is 1. The predicted octanol–water partition coefficient (Wildman–Crippen LogP) is 3.75. The summed E-state index contributed by atoms with van der Waals surface area (Å²) in [7, 11) is 0. The number of benzene rings is 1. The van der Waals surface area contributed by atoms with E-state index in [1.807, 2.05) is 0 Å². The van der Waals surface area contributed by atoms with Crippen molar-refractivity contribution in [2.45, 2.75) is 32.4 Å². The van der Waals surface area contributed by atoms with Gasteiger partial charge in [-0.25, -0.2) is 0 Å². The zero-order valence-corrected chi connectivity index (χ0v) is 9.97. The SMILES string of the molecule is Cc1ccc(NC(=O)C2CCC2)cc1C(F)(F)F. The maximum Gasteiger partial charge on any atom is 0.416 e. The van der Waals surface area contributed by atoms with Gasteiger partial charge >= 0.3 is 6.18 Å². The van der Waals surface area contributed by atoms with Crippen LogP contribution in [0.15, 0.2) is 18.2 Å². The molecule has 1 fully saturated rings. The molecule has 0 atom stereocenters. The van der Waals surface area contributed by atoms with Crippen molar-refractivity contribution >= 4 is 11.6 Å². The normalized spacial score (nSPS) is 16.2. The second kappa shape index (κ2) is 4.63. The van der Waals surface area contributed by atoms with Gasteiger partial charge in [-0.1, -0.05) is 12.5 Å². The van der Waals surface area contributed by atoms with E-state index >= 15 is 0 Å². The van der Waals surface area contributed by atoms with Crippen LogP contribution in [0.3, 0.4) is 0 Å². The molecule has 5 heteroatoms. The van der Waals surface area contributed by atoms with Crippen LogP contribution in [-0.4, -0.2) is 5.91 Å². The summed E-state index contributed by atoms with van der Waals surface area (Å²) in [5.74, 6) is -0.223. The number of amides is 1. The van der Waals surface area contributed by atoms with Crippen LogP contribution in [0, 0.1) is 12.8 Å². The highest BCUT2D eigenvalue weighted by molar-refractivity contribution is 5.93. The van der Waals surface area contributed by atoms with E-state index in [9.17, 15) is 18.0 Å². The quantitative estimate of drug-likeness (QED) is 0.858. The lowest BCUT2D eigenvalue weighted by atomic mass is 9.85. The van der Waals surface area contributed by atoms with Crippen molar-refractivity contribution in [1.82, 2.24) is 0 Å². The molecular formula is C13H14F3NO. The molecule has 0 heterocycles. The summed E-state index contributed by atoms with van der Waals surface area (Å²) in [6.45, 7) is 1.40. The Morgan fingerprint density at radius 3 is 2.50 bits per heavy atom. The first kappa shape index (κ1) is 12.9. The third kappa shape index (κ3) is 2.66. The average molecular weight is 257 g/mol. The van der Waals surface area contributed by atoms with E-state index in [1.54, 1.807) is 0 Å². The molecule has 0 aliphatic heterocycles. The van der Waals surface area contributed by atoms with Gasteiger partial charge in [0.2, 0.25) is 5.91 Å². The van der Waals surface area contributed by atoms with Crippen LogP contribution in [0.1, 0.15) is 30.4 Å². The summed E-state index contributed by atoms with van der Waals surface area (Å²) in [4.78, 5) is 11.6.